The summed E-state index contributed by atoms with van der Waals surface area (Å²) in [6.07, 6.45) is 3.74. The van der Waals surface area contributed by atoms with Gasteiger partial charge in [-0.1, -0.05) is 6.42 Å². The van der Waals surface area contributed by atoms with E-state index in [-0.39, 0.29) is 6.04 Å². The maximum absolute atomic E-state index is 6.31. The van der Waals surface area contributed by atoms with E-state index in [0.29, 0.717) is 5.92 Å². The van der Waals surface area contributed by atoms with Gasteiger partial charge in [0.15, 0.2) is 0 Å². The number of rotatable bonds is 4. The van der Waals surface area contributed by atoms with Crippen molar-refractivity contribution < 1.29 is 9.47 Å². The summed E-state index contributed by atoms with van der Waals surface area (Å²) in [5, 5.41) is 0. The summed E-state index contributed by atoms with van der Waals surface area (Å²) in [5.41, 5.74) is 8.46. The van der Waals surface area contributed by atoms with Gasteiger partial charge in [-0.15, -0.1) is 0 Å². The van der Waals surface area contributed by atoms with Crippen LogP contribution in [0.2, 0.25) is 0 Å². The fourth-order valence-corrected chi connectivity index (χ4v) is 2.39. The van der Waals surface area contributed by atoms with Crippen molar-refractivity contribution in [2.24, 2.45) is 11.7 Å². The summed E-state index contributed by atoms with van der Waals surface area (Å²) in [6, 6.07) is 4.09. The Labute approximate surface area is 103 Å². The van der Waals surface area contributed by atoms with Gasteiger partial charge in [0.25, 0.3) is 0 Å². The van der Waals surface area contributed by atoms with Crippen LogP contribution in [-0.2, 0) is 0 Å². The van der Waals surface area contributed by atoms with Gasteiger partial charge in [0.1, 0.15) is 11.5 Å². The van der Waals surface area contributed by atoms with Crippen LogP contribution < -0.4 is 15.2 Å². The Morgan fingerprint density at radius 3 is 2.29 bits per heavy atom. The van der Waals surface area contributed by atoms with Crippen LogP contribution in [-0.4, -0.2) is 14.2 Å². The summed E-state index contributed by atoms with van der Waals surface area (Å²) < 4.78 is 10.8. The van der Waals surface area contributed by atoms with Crippen LogP contribution in [0, 0.1) is 12.8 Å². The van der Waals surface area contributed by atoms with Crippen LogP contribution in [0.25, 0.3) is 0 Å². The summed E-state index contributed by atoms with van der Waals surface area (Å²) in [5.74, 6) is 2.36. The van der Waals surface area contributed by atoms with Crippen molar-refractivity contribution in [2.75, 3.05) is 14.2 Å². The number of nitrogens with two attached hydrogens (primary N) is 1. The van der Waals surface area contributed by atoms with Crippen LogP contribution in [0.3, 0.4) is 0 Å². The summed E-state index contributed by atoms with van der Waals surface area (Å²) in [7, 11) is 3.38. The zero-order chi connectivity index (χ0) is 12.4. The predicted molar refractivity (Wildman–Crippen MR) is 68.6 cm³/mol. The van der Waals surface area contributed by atoms with E-state index in [1.54, 1.807) is 14.2 Å². The normalized spacial score (nSPS) is 17.4. The Morgan fingerprint density at radius 2 is 1.82 bits per heavy atom. The van der Waals surface area contributed by atoms with Crippen molar-refractivity contribution >= 4 is 0 Å². The van der Waals surface area contributed by atoms with Crippen molar-refractivity contribution in [3.63, 3.8) is 0 Å². The lowest BCUT2D eigenvalue weighted by atomic mass is 9.77. The molecule has 1 fully saturated rings. The van der Waals surface area contributed by atoms with Gasteiger partial charge >= 0.3 is 0 Å². The second-order valence-corrected chi connectivity index (χ2v) is 4.78. The molecule has 17 heavy (non-hydrogen) atoms. The Balaban J connectivity index is 2.35. The molecule has 0 amide bonds. The minimum atomic E-state index is 0.0631. The molecule has 1 saturated carbocycles. The first-order chi connectivity index (χ1) is 8.17. The fraction of sp³-hybridized carbons (Fsp3) is 0.571. The van der Waals surface area contributed by atoms with Crippen LogP contribution in [0.1, 0.15) is 36.4 Å². The SMILES string of the molecule is COc1cc(C(N)C2CCC2)c(OC)cc1C. The lowest BCUT2D eigenvalue weighted by Crippen LogP contribution is -2.27. The van der Waals surface area contributed by atoms with Gasteiger partial charge in [-0.05, 0) is 43.4 Å². The van der Waals surface area contributed by atoms with Gasteiger partial charge in [-0.2, -0.15) is 0 Å². The highest BCUT2D eigenvalue weighted by Crippen LogP contribution is 2.41. The van der Waals surface area contributed by atoms with Gasteiger partial charge in [0.05, 0.1) is 14.2 Å². The molecular weight excluding hydrogens is 214 g/mol. The highest BCUT2D eigenvalue weighted by atomic mass is 16.5. The number of benzene rings is 1. The molecule has 1 aromatic carbocycles. The molecule has 0 bridgehead atoms. The lowest BCUT2D eigenvalue weighted by Gasteiger charge is -2.32. The third-order valence-electron chi connectivity index (χ3n) is 3.76. The number of methoxy groups -OCH3 is 2. The topological polar surface area (TPSA) is 44.5 Å². The van der Waals surface area contributed by atoms with Crippen LogP contribution >= 0.6 is 0 Å². The lowest BCUT2D eigenvalue weighted by molar-refractivity contribution is 0.259. The van der Waals surface area contributed by atoms with Crippen molar-refractivity contribution in [3.8, 4) is 11.5 Å². The molecule has 0 heterocycles. The largest absolute Gasteiger partial charge is 0.496 e. The molecule has 0 saturated heterocycles. The number of hydrogen-bond donors (Lipinski definition) is 1. The van der Waals surface area contributed by atoms with Gasteiger partial charge in [-0.25, -0.2) is 0 Å². The third-order valence-corrected chi connectivity index (χ3v) is 3.76. The van der Waals surface area contributed by atoms with Gasteiger partial charge < -0.3 is 15.2 Å². The first-order valence-corrected chi connectivity index (χ1v) is 6.15. The maximum Gasteiger partial charge on any atom is 0.124 e. The molecular formula is C14H21NO2. The van der Waals surface area contributed by atoms with E-state index in [9.17, 15) is 0 Å². The average Bonchev–Trinajstić information content (AvgIpc) is 2.26. The quantitative estimate of drug-likeness (QED) is 0.872. The van der Waals surface area contributed by atoms with Crippen molar-refractivity contribution in [2.45, 2.75) is 32.2 Å². The third kappa shape index (κ3) is 2.25. The second-order valence-electron chi connectivity index (χ2n) is 4.78. The zero-order valence-electron chi connectivity index (χ0n) is 10.8. The molecule has 2 rings (SSSR count). The summed E-state index contributed by atoms with van der Waals surface area (Å²) in [4.78, 5) is 0. The monoisotopic (exact) mass is 235 g/mol. The molecule has 94 valence electrons. The molecule has 3 nitrogen and oxygen atoms in total. The van der Waals surface area contributed by atoms with Crippen molar-refractivity contribution in [1.82, 2.24) is 0 Å². The van der Waals surface area contributed by atoms with Gasteiger partial charge in [0, 0.05) is 11.6 Å². The number of hydrogen-bond acceptors (Lipinski definition) is 3. The Morgan fingerprint density at radius 1 is 1.18 bits per heavy atom. The molecule has 1 unspecified atom stereocenters. The van der Waals surface area contributed by atoms with E-state index in [0.717, 1.165) is 22.6 Å². The summed E-state index contributed by atoms with van der Waals surface area (Å²) >= 11 is 0. The summed E-state index contributed by atoms with van der Waals surface area (Å²) in [6.45, 7) is 2.01. The smallest absolute Gasteiger partial charge is 0.124 e. The molecule has 3 heteroatoms. The van der Waals surface area contributed by atoms with E-state index in [4.69, 9.17) is 15.2 Å². The maximum atomic E-state index is 6.31. The van der Waals surface area contributed by atoms with Gasteiger partial charge in [-0.3, -0.25) is 0 Å². The zero-order valence-corrected chi connectivity index (χ0v) is 10.8. The van der Waals surface area contributed by atoms with Crippen molar-refractivity contribution in [1.29, 1.82) is 0 Å². The first-order valence-electron chi connectivity index (χ1n) is 6.15. The standard InChI is InChI=1S/C14H21NO2/c1-9-7-13(17-3)11(8-12(9)16-2)14(15)10-5-4-6-10/h7-8,10,14H,4-6,15H2,1-3H3. The molecule has 2 N–H and O–H groups in total. The molecule has 1 atom stereocenters. The molecule has 0 spiro atoms. The van der Waals surface area contributed by atoms with E-state index in [1.165, 1.54) is 19.3 Å². The van der Waals surface area contributed by atoms with E-state index >= 15 is 0 Å². The molecule has 0 radical (unpaired) electrons. The number of aryl methyl sites for hydroxylation is 1. The van der Waals surface area contributed by atoms with Crippen LogP contribution in [0.4, 0.5) is 0 Å². The minimum absolute atomic E-state index is 0.0631. The Kier molecular flexibility index (Phi) is 3.57. The Bertz CT molecular complexity index is 399. The van der Waals surface area contributed by atoms with E-state index < -0.39 is 0 Å². The fourth-order valence-electron chi connectivity index (χ4n) is 2.39. The van der Waals surface area contributed by atoms with Crippen LogP contribution in [0.5, 0.6) is 11.5 Å². The van der Waals surface area contributed by atoms with Gasteiger partial charge in [0.2, 0.25) is 0 Å². The predicted octanol–water partition coefficient (Wildman–Crippen LogP) is 2.81. The second kappa shape index (κ2) is 4.96. The van der Waals surface area contributed by atoms with E-state index in [1.807, 2.05) is 19.1 Å². The van der Waals surface area contributed by atoms with E-state index in [2.05, 4.69) is 0 Å². The molecule has 1 aliphatic rings. The number of ether oxygens (including phenoxy) is 2. The Hall–Kier alpha value is -1.22. The van der Waals surface area contributed by atoms with Crippen LogP contribution in [0.15, 0.2) is 12.1 Å². The molecule has 0 aromatic heterocycles. The minimum Gasteiger partial charge on any atom is -0.496 e. The molecule has 0 aliphatic heterocycles. The molecule has 1 aromatic rings. The molecule has 1 aliphatic carbocycles. The van der Waals surface area contributed by atoms with Crippen molar-refractivity contribution in [3.05, 3.63) is 23.3 Å². The average molecular weight is 235 g/mol. The highest BCUT2D eigenvalue weighted by molar-refractivity contribution is 5.47. The first kappa shape index (κ1) is 12.2. The highest BCUT2D eigenvalue weighted by Gasteiger charge is 2.28.